The van der Waals surface area contributed by atoms with Crippen molar-refractivity contribution in [2.75, 3.05) is 20.1 Å². The van der Waals surface area contributed by atoms with Crippen molar-refractivity contribution in [3.63, 3.8) is 0 Å². The van der Waals surface area contributed by atoms with E-state index < -0.39 is 0 Å². The second-order valence-electron chi connectivity index (χ2n) is 5.68. The molecule has 1 N–H and O–H groups in total. The van der Waals surface area contributed by atoms with E-state index in [1.807, 2.05) is 19.2 Å². The smallest absolute Gasteiger partial charge is 0.248 e. The van der Waals surface area contributed by atoms with Crippen molar-refractivity contribution in [2.24, 2.45) is 11.8 Å². The van der Waals surface area contributed by atoms with Crippen molar-refractivity contribution in [1.82, 2.24) is 15.3 Å². The van der Waals surface area contributed by atoms with E-state index in [1.54, 1.807) is 11.2 Å². The molecule has 1 aliphatic carbocycles. The summed E-state index contributed by atoms with van der Waals surface area (Å²) < 4.78 is 0. The summed E-state index contributed by atoms with van der Waals surface area (Å²) >= 11 is 0. The Bertz CT molecular complexity index is 536. The van der Waals surface area contributed by atoms with Gasteiger partial charge in [0, 0.05) is 31.5 Å². The maximum Gasteiger partial charge on any atom is 0.248 e. The molecule has 2 amide bonds. The Kier molecular flexibility index (Phi) is 3.63. The highest BCUT2D eigenvalue weighted by atomic mass is 16.2. The van der Waals surface area contributed by atoms with Crippen LogP contribution in [-0.2, 0) is 14.4 Å². The summed E-state index contributed by atoms with van der Waals surface area (Å²) in [5, 5.41) is 5.84. The number of hydrogen-bond donors (Lipinski definition) is 1. The third-order valence-electron chi connectivity index (χ3n) is 4.23. The summed E-state index contributed by atoms with van der Waals surface area (Å²) in [6.45, 7) is 0.997. The maximum absolute atomic E-state index is 12.4. The Morgan fingerprint density at radius 2 is 1.95 bits per heavy atom. The van der Waals surface area contributed by atoms with Crippen LogP contribution in [0.3, 0.4) is 0 Å². The molecule has 21 heavy (non-hydrogen) atoms. The van der Waals surface area contributed by atoms with Crippen LogP contribution in [0.2, 0.25) is 0 Å². The van der Waals surface area contributed by atoms with Gasteiger partial charge in [0.25, 0.3) is 0 Å². The molecule has 2 unspecified atom stereocenters. The number of nitrogens with one attached hydrogen (secondary N) is 1. The SMILES string of the molecule is CNCC1C=CC2=CN(N3C(=O)CCCC3=O)CC2C1=O. The van der Waals surface area contributed by atoms with Gasteiger partial charge in [-0.1, -0.05) is 12.2 Å². The molecule has 0 aromatic rings. The number of rotatable bonds is 3. The van der Waals surface area contributed by atoms with Crippen molar-refractivity contribution in [1.29, 1.82) is 0 Å². The molecule has 0 saturated carbocycles. The molecular formula is C15H19N3O3. The molecule has 0 spiro atoms. The van der Waals surface area contributed by atoms with E-state index in [4.69, 9.17) is 0 Å². The second kappa shape index (κ2) is 5.44. The fraction of sp³-hybridized carbons (Fsp3) is 0.533. The van der Waals surface area contributed by atoms with Gasteiger partial charge in [0.15, 0.2) is 0 Å². The van der Waals surface area contributed by atoms with Gasteiger partial charge in [0.1, 0.15) is 5.78 Å². The van der Waals surface area contributed by atoms with Gasteiger partial charge in [-0.3, -0.25) is 19.4 Å². The molecule has 2 aliphatic heterocycles. The quantitative estimate of drug-likeness (QED) is 0.753. The molecule has 0 bridgehead atoms. The van der Waals surface area contributed by atoms with Crippen molar-refractivity contribution in [2.45, 2.75) is 19.3 Å². The minimum Gasteiger partial charge on any atom is -0.319 e. The van der Waals surface area contributed by atoms with Gasteiger partial charge in [0.2, 0.25) is 11.8 Å². The number of imide groups is 1. The number of carbonyl (C=O) groups is 3. The molecule has 6 heteroatoms. The number of ketones is 1. The highest BCUT2D eigenvalue weighted by Crippen LogP contribution is 2.32. The standard InChI is InChI=1S/C15H19N3O3/c1-16-7-10-5-6-11-8-17(9-12(11)15(10)21)18-13(19)3-2-4-14(18)20/h5-6,8,10,12,16H,2-4,7,9H2,1H3. The Hall–Kier alpha value is -1.95. The van der Waals surface area contributed by atoms with Gasteiger partial charge in [0.05, 0.1) is 12.5 Å². The first kappa shape index (κ1) is 14.0. The Morgan fingerprint density at radius 3 is 2.62 bits per heavy atom. The summed E-state index contributed by atoms with van der Waals surface area (Å²) in [5.74, 6) is -0.576. The average Bonchev–Trinajstić information content (AvgIpc) is 2.86. The van der Waals surface area contributed by atoms with E-state index in [9.17, 15) is 14.4 Å². The maximum atomic E-state index is 12.4. The fourth-order valence-electron chi connectivity index (χ4n) is 3.16. The van der Waals surface area contributed by atoms with Crippen LogP contribution in [-0.4, -0.2) is 47.8 Å². The first-order valence-corrected chi connectivity index (χ1v) is 7.32. The van der Waals surface area contributed by atoms with Gasteiger partial charge in [-0.15, -0.1) is 0 Å². The summed E-state index contributed by atoms with van der Waals surface area (Å²) in [6, 6.07) is 0. The predicted octanol–water partition coefficient (Wildman–Crippen LogP) is 0.231. The number of fused-ring (bicyclic) bond motifs is 1. The van der Waals surface area contributed by atoms with Crippen LogP contribution >= 0.6 is 0 Å². The topological polar surface area (TPSA) is 69.7 Å². The number of carbonyl (C=O) groups excluding carboxylic acids is 3. The Morgan fingerprint density at radius 1 is 1.24 bits per heavy atom. The van der Waals surface area contributed by atoms with E-state index in [-0.39, 0.29) is 29.4 Å². The first-order valence-electron chi connectivity index (χ1n) is 7.32. The van der Waals surface area contributed by atoms with E-state index >= 15 is 0 Å². The van der Waals surface area contributed by atoms with Crippen LogP contribution in [0.4, 0.5) is 0 Å². The van der Waals surface area contributed by atoms with Crippen LogP contribution in [0.15, 0.2) is 23.9 Å². The minimum absolute atomic E-state index is 0.134. The van der Waals surface area contributed by atoms with Crippen LogP contribution in [0.1, 0.15) is 19.3 Å². The van der Waals surface area contributed by atoms with Crippen LogP contribution in [0.5, 0.6) is 0 Å². The van der Waals surface area contributed by atoms with E-state index in [0.29, 0.717) is 32.4 Å². The van der Waals surface area contributed by atoms with Gasteiger partial charge in [-0.2, -0.15) is 5.01 Å². The number of hydrogen-bond acceptors (Lipinski definition) is 5. The van der Waals surface area contributed by atoms with Crippen molar-refractivity contribution in [3.8, 4) is 0 Å². The molecule has 0 aromatic heterocycles. The lowest BCUT2D eigenvalue weighted by molar-refractivity contribution is -0.163. The van der Waals surface area contributed by atoms with Gasteiger partial charge in [-0.05, 0) is 19.0 Å². The fourth-order valence-corrected chi connectivity index (χ4v) is 3.16. The monoisotopic (exact) mass is 289 g/mol. The number of Topliss-reactive ketones (excluding diaryl/α,β-unsaturated/α-hetero) is 1. The van der Waals surface area contributed by atoms with E-state index in [2.05, 4.69) is 5.32 Å². The normalized spacial score (nSPS) is 29.0. The van der Waals surface area contributed by atoms with Crippen molar-refractivity contribution >= 4 is 17.6 Å². The molecule has 3 rings (SSSR count). The summed E-state index contributed by atoms with van der Waals surface area (Å²) in [5.41, 5.74) is 0.888. The highest BCUT2D eigenvalue weighted by Gasteiger charge is 2.40. The zero-order valence-electron chi connectivity index (χ0n) is 12.0. The molecule has 6 nitrogen and oxygen atoms in total. The zero-order valence-corrected chi connectivity index (χ0v) is 12.0. The summed E-state index contributed by atoms with van der Waals surface area (Å²) in [7, 11) is 1.82. The molecule has 0 radical (unpaired) electrons. The first-order chi connectivity index (χ1) is 10.1. The van der Waals surface area contributed by atoms with Crippen LogP contribution in [0, 0.1) is 11.8 Å². The number of amides is 2. The van der Waals surface area contributed by atoms with Crippen molar-refractivity contribution < 1.29 is 14.4 Å². The number of nitrogens with zero attached hydrogens (tertiary/aromatic N) is 2. The minimum atomic E-state index is -0.240. The number of piperidine rings is 1. The average molecular weight is 289 g/mol. The van der Waals surface area contributed by atoms with Gasteiger partial charge in [-0.25, -0.2) is 0 Å². The van der Waals surface area contributed by atoms with Crippen LogP contribution < -0.4 is 5.32 Å². The largest absolute Gasteiger partial charge is 0.319 e. The lowest BCUT2D eigenvalue weighted by Crippen LogP contribution is -2.50. The highest BCUT2D eigenvalue weighted by molar-refractivity contribution is 5.97. The summed E-state index contributed by atoms with van der Waals surface area (Å²) in [4.78, 5) is 36.4. The molecule has 1 fully saturated rings. The molecule has 1 saturated heterocycles. The third kappa shape index (κ3) is 2.40. The van der Waals surface area contributed by atoms with Crippen molar-refractivity contribution in [3.05, 3.63) is 23.9 Å². The third-order valence-corrected chi connectivity index (χ3v) is 4.23. The molecule has 3 aliphatic rings. The molecule has 0 aromatic carbocycles. The number of hydrazine groups is 1. The second-order valence-corrected chi connectivity index (χ2v) is 5.68. The van der Waals surface area contributed by atoms with Gasteiger partial charge >= 0.3 is 0 Å². The molecule has 2 heterocycles. The Balaban J connectivity index is 1.79. The van der Waals surface area contributed by atoms with E-state index in [1.165, 1.54) is 5.01 Å². The van der Waals surface area contributed by atoms with E-state index in [0.717, 1.165) is 5.57 Å². The number of allylic oxidation sites excluding steroid dienone is 1. The Labute approximate surface area is 123 Å². The van der Waals surface area contributed by atoms with Crippen LogP contribution in [0.25, 0.3) is 0 Å². The predicted molar refractivity (Wildman–Crippen MR) is 75.5 cm³/mol. The van der Waals surface area contributed by atoms with Gasteiger partial charge < -0.3 is 5.32 Å². The molecule has 2 atom stereocenters. The molecular weight excluding hydrogens is 270 g/mol. The summed E-state index contributed by atoms with van der Waals surface area (Å²) in [6.07, 6.45) is 6.99. The lowest BCUT2D eigenvalue weighted by atomic mass is 9.83. The zero-order chi connectivity index (χ0) is 15.0. The molecule has 112 valence electrons. The lowest BCUT2D eigenvalue weighted by Gasteiger charge is -2.33.